The van der Waals surface area contributed by atoms with Crippen LogP contribution in [0.1, 0.15) is 10.4 Å². The molecule has 0 aromatic heterocycles. The monoisotopic (exact) mass is 411 g/mol. The summed E-state index contributed by atoms with van der Waals surface area (Å²) in [5.41, 5.74) is -4.90. The molecule has 0 saturated heterocycles. The molecule has 2 rings (SSSR count). The summed E-state index contributed by atoms with van der Waals surface area (Å²) in [6.45, 7) is 0. The molecule has 2 aromatic rings. The highest BCUT2D eigenvalue weighted by molar-refractivity contribution is 8.00. The van der Waals surface area contributed by atoms with Gasteiger partial charge in [0.05, 0.1) is 10.6 Å². The summed E-state index contributed by atoms with van der Waals surface area (Å²) in [5, 5.41) is 2.18. The van der Waals surface area contributed by atoms with Crippen LogP contribution >= 0.6 is 11.8 Å². The molecule has 11 heteroatoms. The van der Waals surface area contributed by atoms with E-state index in [0.717, 1.165) is 36.4 Å². The molecule has 2 aromatic carbocycles. The quantitative estimate of drug-likeness (QED) is 0.579. The molecule has 0 fully saturated rings. The van der Waals surface area contributed by atoms with Crippen molar-refractivity contribution in [2.75, 3.05) is 5.32 Å². The number of para-hydroxylation sites is 1. The van der Waals surface area contributed by atoms with Crippen molar-refractivity contribution in [3.8, 4) is 0 Å². The Morgan fingerprint density at radius 2 is 1.58 bits per heavy atom. The maximum atomic E-state index is 12.7. The van der Waals surface area contributed by atoms with Crippen molar-refractivity contribution in [1.82, 2.24) is 0 Å². The van der Waals surface area contributed by atoms with E-state index in [1.807, 2.05) is 0 Å². The maximum absolute atomic E-state index is 12.7. The minimum atomic E-state index is -4.94. The third-order valence-electron chi connectivity index (χ3n) is 3.03. The van der Waals surface area contributed by atoms with Gasteiger partial charge >= 0.3 is 11.3 Å². The summed E-state index contributed by atoms with van der Waals surface area (Å²) in [6, 6.07) is 8.93. The van der Waals surface area contributed by atoms with Gasteiger partial charge in [0.25, 0.3) is 5.91 Å². The van der Waals surface area contributed by atoms with E-state index in [2.05, 4.69) is 5.32 Å². The van der Waals surface area contributed by atoms with Crippen LogP contribution in [0.15, 0.2) is 58.3 Å². The highest BCUT2D eigenvalue weighted by atomic mass is 32.2. The van der Waals surface area contributed by atoms with Gasteiger partial charge in [-0.25, -0.2) is 8.42 Å². The standard InChI is InChI=1S/C15H10F5NO3S2/c16-14(17)26(23,24)12-4-2-1-3-11(12)21-13(22)9-5-7-10(8-6-9)25-15(18,19)20/h1-8,14H,(H,21,22). The SMILES string of the molecule is O=C(Nc1ccccc1S(=O)(=O)C(F)F)c1ccc(SC(F)(F)F)cc1. The number of sulfone groups is 1. The van der Waals surface area contributed by atoms with Crippen molar-refractivity contribution in [2.24, 2.45) is 0 Å². The Bertz CT molecular complexity index is 896. The van der Waals surface area contributed by atoms with Crippen molar-refractivity contribution in [3.63, 3.8) is 0 Å². The fraction of sp³-hybridized carbons (Fsp3) is 0.133. The molecule has 0 unspecified atom stereocenters. The average Bonchev–Trinajstić information content (AvgIpc) is 2.54. The predicted molar refractivity (Wildman–Crippen MR) is 85.9 cm³/mol. The number of amides is 1. The van der Waals surface area contributed by atoms with E-state index in [1.165, 1.54) is 12.1 Å². The fourth-order valence-corrected chi connectivity index (χ4v) is 3.34. The number of anilines is 1. The van der Waals surface area contributed by atoms with Gasteiger partial charge in [-0.05, 0) is 48.2 Å². The largest absolute Gasteiger partial charge is 0.446 e. The number of hydrogen-bond donors (Lipinski definition) is 1. The normalized spacial score (nSPS) is 12.2. The molecular weight excluding hydrogens is 401 g/mol. The second-order valence-corrected chi connectivity index (χ2v) is 7.85. The molecule has 4 nitrogen and oxygen atoms in total. The van der Waals surface area contributed by atoms with Crippen LogP contribution < -0.4 is 5.32 Å². The number of benzene rings is 2. The second kappa shape index (κ2) is 7.62. The number of thioether (sulfide) groups is 1. The molecule has 0 saturated carbocycles. The van der Waals surface area contributed by atoms with Crippen molar-refractivity contribution < 1.29 is 35.2 Å². The predicted octanol–water partition coefficient (Wildman–Crippen LogP) is 4.55. The highest BCUT2D eigenvalue weighted by Crippen LogP contribution is 2.36. The van der Waals surface area contributed by atoms with Crippen LogP contribution in [0.3, 0.4) is 0 Å². The lowest BCUT2D eigenvalue weighted by atomic mass is 10.2. The van der Waals surface area contributed by atoms with Crippen molar-refractivity contribution in [2.45, 2.75) is 21.1 Å². The molecule has 1 amide bonds. The van der Waals surface area contributed by atoms with E-state index in [9.17, 15) is 35.2 Å². The van der Waals surface area contributed by atoms with Gasteiger partial charge in [-0.15, -0.1) is 0 Å². The Kier molecular flexibility index (Phi) is 5.91. The van der Waals surface area contributed by atoms with Gasteiger partial charge in [-0.2, -0.15) is 22.0 Å². The third kappa shape index (κ3) is 4.94. The third-order valence-corrected chi connectivity index (χ3v) is 5.20. The first kappa shape index (κ1) is 20.2. The zero-order valence-corrected chi connectivity index (χ0v) is 14.3. The smallest absolute Gasteiger partial charge is 0.321 e. The van der Waals surface area contributed by atoms with E-state index >= 15 is 0 Å². The topological polar surface area (TPSA) is 63.2 Å². The van der Waals surface area contributed by atoms with Gasteiger partial charge in [-0.1, -0.05) is 12.1 Å². The summed E-state index contributed by atoms with van der Waals surface area (Å²) in [4.78, 5) is 11.2. The van der Waals surface area contributed by atoms with Gasteiger partial charge in [0.15, 0.2) is 0 Å². The summed E-state index contributed by atoms with van der Waals surface area (Å²) in [6.07, 6.45) is 0. The number of carbonyl (C=O) groups is 1. The molecule has 0 aliphatic heterocycles. The Hall–Kier alpha value is -2.14. The van der Waals surface area contributed by atoms with Gasteiger partial charge in [0, 0.05) is 10.5 Å². The summed E-state index contributed by atoms with van der Waals surface area (Å²) in [7, 11) is -4.94. The van der Waals surface area contributed by atoms with E-state index < -0.39 is 31.9 Å². The molecular formula is C15H10F5NO3S2. The van der Waals surface area contributed by atoms with Crippen molar-refractivity contribution in [1.29, 1.82) is 0 Å². The highest BCUT2D eigenvalue weighted by Gasteiger charge is 2.30. The molecule has 0 aliphatic rings. The van der Waals surface area contributed by atoms with Crippen LogP contribution in [0.25, 0.3) is 0 Å². The van der Waals surface area contributed by atoms with Crippen LogP contribution in [0.2, 0.25) is 0 Å². The van der Waals surface area contributed by atoms with E-state index in [4.69, 9.17) is 0 Å². The Morgan fingerprint density at radius 1 is 1.00 bits per heavy atom. The Balaban J connectivity index is 2.24. The minimum absolute atomic E-state index is 0.0687. The van der Waals surface area contributed by atoms with E-state index in [1.54, 1.807) is 0 Å². The van der Waals surface area contributed by atoms with Crippen LogP contribution in [-0.2, 0) is 9.84 Å². The number of nitrogens with one attached hydrogen (secondary N) is 1. The van der Waals surface area contributed by atoms with Crippen molar-refractivity contribution >= 4 is 33.2 Å². The zero-order chi connectivity index (χ0) is 19.5. The summed E-state index contributed by atoms with van der Waals surface area (Å²) >= 11 is -0.360. The van der Waals surface area contributed by atoms with Gasteiger partial charge in [0.2, 0.25) is 9.84 Å². The zero-order valence-electron chi connectivity index (χ0n) is 12.6. The maximum Gasteiger partial charge on any atom is 0.446 e. The lowest BCUT2D eigenvalue weighted by Gasteiger charge is -2.11. The van der Waals surface area contributed by atoms with Gasteiger partial charge in [-0.3, -0.25) is 4.79 Å². The average molecular weight is 411 g/mol. The van der Waals surface area contributed by atoms with Gasteiger partial charge < -0.3 is 5.32 Å². The Labute approximate surface area is 149 Å². The summed E-state index contributed by atoms with van der Waals surface area (Å²) in [5.74, 6) is -4.52. The first-order chi connectivity index (χ1) is 12.0. The van der Waals surface area contributed by atoms with E-state index in [-0.39, 0.29) is 27.9 Å². The molecule has 140 valence electrons. The number of carbonyl (C=O) groups excluding carboxylic acids is 1. The molecule has 0 heterocycles. The summed E-state index contributed by atoms with van der Waals surface area (Å²) < 4.78 is 85.5. The lowest BCUT2D eigenvalue weighted by Crippen LogP contribution is -2.17. The molecule has 0 aliphatic carbocycles. The molecule has 26 heavy (non-hydrogen) atoms. The van der Waals surface area contributed by atoms with Gasteiger partial charge in [0.1, 0.15) is 0 Å². The Morgan fingerprint density at radius 3 is 2.12 bits per heavy atom. The van der Waals surface area contributed by atoms with Crippen LogP contribution in [0.5, 0.6) is 0 Å². The van der Waals surface area contributed by atoms with Crippen LogP contribution in [0, 0.1) is 0 Å². The molecule has 0 atom stereocenters. The lowest BCUT2D eigenvalue weighted by molar-refractivity contribution is -0.0328. The number of hydrogen-bond acceptors (Lipinski definition) is 4. The van der Waals surface area contributed by atoms with Crippen LogP contribution in [0.4, 0.5) is 27.6 Å². The number of halogens is 5. The first-order valence-corrected chi connectivity index (χ1v) is 9.15. The second-order valence-electron chi connectivity index (χ2n) is 4.83. The molecule has 0 bridgehead atoms. The van der Waals surface area contributed by atoms with Crippen molar-refractivity contribution in [3.05, 3.63) is 54.1 Å². The first-order valence-electron chi connectivity index (χ1n) is 6.79. The fourth-order valence-electron chi connectivity index (χ4n) is 1.92. The molecule has 0 spiro atoms. The minimum Gasteiger partial charge on any atom is -0.321 e. The number of alkyl halides is 5. The number of rotatable bonds is 5. The van der Waals surface area contributed by atoms with E-state index in [0.29, 0.717) is 0 Å². The molecule has 0 radical (unpaired) electrons. The molecule has 1 N–H and O–H groups in total. The van der Waals surface area contributed by atoms with Crippen LogP contribution in [-0.4, -0.2) is 25.6 Å².